The summed E-state index contributed by atoms with van der Waals surface area (Å²) in [6.45, 7) is 4.28. The Balaban J connectivity index is 1.80. The van der Waals surface area contributed by atoms with Crippen molar-refractivity contribution in [3.63, 3.8) is 0 Å². The maximum Gasteiger partial charge on any atom is 0.233 e. The zero-order chi connectivity index (χ0) is 20.6. The molecule has 9 heteroatoms. The zero-order valence-electron chi connectivity index (χ0n) is 17.1. The predicted octanol–water partition coefficient (Wildman–Crippen LogP) is 2.38. The summed E-state index contributed by atoms with van der Waals surface area (Å²) in [4.78, 5) is 12.3. The normalized spacial score (nSPS) is 17.3. The molecule has 0 aliphatic carbocycles. The van der Waals surface area contributed by atoms with E-state index in [-0.39, 0.29) is 17.3 Å². The molecule has 0 unspecified atom stereocenters. The number of methoxy groups -OCH3 is 2. The van der Waals surface area contributed by atoms with E-state index in [0.717, 1.165) is 36.6 Å². The van der Waals surface area contributed by atoms with Gasteiger partial charge in [-0.25, -0.2) is 0 Å². The van der Waals surface area contributed by atoms with Crippen molar-refractivity contribution in [3.05, 3.63) is 24.3 Å². The Hall–Kier alpha value is -2.10. The molecule has 1 fully saturated rings. The van der Waals surface area contributed by atoms with Crippen LogP contribution in [-0.2, 0) is 20.8 Å². The maximum atomic E-state index is 12.3. The maximum absolute atomic E-state index is 12.3. The number of hydrogen-bond acceptors (Lipinski definition) is 7. The number of benzene rings is 1. The topological polar surface area (TPSA) is 87.5 Å². The lowest BCUT2D eigenvalue weighted by Crippen LogP contribution is -2.33. The molecule has 1 N–H and O–H groups in total. The van der Waals surface area contributed by atoms with Gasteiger partial charge in [0.15, 0.2) is 11.0 Å². The quantitative estimate of drug-likeness (QED) is 0.466. The molecule has 0 radical (unpaired) electrons. The fourth-order valence-corrected chi connectivity index (χ4v) is 4.00. The number of amides is 1. The van der Waals surface area contributed by atoms with Crippen LogP contribution >= 0.6 is 11.8 Å². The lowest BCUT2D eigenvalue weighted by Gasteiger charge is -2.16. The van der Waals surface area contributed by atoms with E-state index < -0.39 is 0 Å². The van der Waals surface area contributed by atoms with Gasteiger partial charge in [-0.15, -0.1) is 10.2 Å². The van der Waals surface area contributed by atoms with Gasteiger partial charge in [0.25, 0.3) is 0 Å². The average molecular weight is 421 g/mol. The SMILES string of the molecule is COCCNC(=O)[C@H](C)Sc1nnc(-c2ccc(OC)cc2)n1C[C@@H]1CCCO1. The lowest BCUT2D eigenvalue weighted by atomic mass is 10.2. The smallest absolute Gasteiger partial charge is 0.233 e. The first-order chi connectivity index (χ1) is 14.1. The second-order valence-corrected chi connectivity index (χ2v) is 8.13. The summed E-state index contributed by atoms with van der Waals surface area (Å²) in [6.07, 6.45) is 2.20. The second kappa shape index (κ2) is 10.6. The molecule has 0 bridgehead atoms. The van der Waals surface area contributed by atoms with Gasteiger partial charge in [0.2, 0.25) is 5.91 Å². The van der Waals surface area contributed by atoms with Crippen LogP contribution in [0.2, 0.25) is 0 Å². The summed E-state index contributed by atoms with van der Waals surface area (Å²) in [6, 6.07) is 7.73. The predicted molar refractivity (Wildman–Crippen MR) is 111 cm³/mol. The van der Waals surface area contributed by atoms with Gasteiger partial charge >= 0.3 is 0 Å². The second-order valence-electron chi connectivity index (χ2n) is 6.82. The molecule has 3 rings (SSSR count). The average Bonchev–Trinajstić information content (AvgIpc) is 3.39. The number of thioether (sulfide) groups is 1. The fourth-order valence-electron chi connectivity index (χ4n) is 3.12. The number of nitrogens with one attached hydrogen (secondary N) is 1. The Morgan fingerprint density at radius 2 is 2.14 bits per heavy atom. The molecule has 29 heavy (non-hydrogen) atoms. The van der Waals surface area contributed by atoms with Crippen LogP contribution in [0, 0.1) is 0 Å². The summed E-state index contributed by atoms with van der Waals surface area (Å²) in [5.74, 6) is 1.50. The third kappa shape index (κ3) is 5.71. The van der Waals surface area contributed by atoms with Crippen molar-refractivity contribution in [1.29, 1.82) is 0 Å². The molecule has 1 aromatic carbocycles. The molecule has 8 nitrogen and oxygen atoms in total. The van der Waals surface area contributed by atoms with Gasteiger partial charge in [-0.05, 0) is 44.0 Å². The highest BCUT2D eigenvalue weighted by Gasteiger charge is 2.24. The molecule has 1 aliphatic rings. The molecule has 2 aromatic rings. The third-order valence-electron chi connectivity index (χ3n) is 4.73. The van der Waals surface area contributed by atoms with Crippen LogP contribution in [0.1, 0.15) is 19.8 Å². The van der Waals surface area contributed by atoms with Crippen LogP contribution in [0.5, 0.6) is 5.75 Å². The Morgan fingerprint density at radius 3 is 2.79 bits per heavy atom. The van der Waals surface area contributed by atoms with Crippen LogP contribution in [0.3, 0.4) is 0 Å². The van der Waals surface area contributed by atoms with Crippen LogP contribution < -0.4 is 10.1 Å². The molecule has 1 aliphatic heterocycles. The van der Waals surface area contributed by atoms with Crippen molar-refractivity contribution in [3.8, 4) is 17.1 Å². The largest absolute Gasteiger partial charge is 0.497 e. The number of nitrogens with zero attached hydrogens (tertiary/aromatic N) is 3. The Morgan fingerprint density at radius 1 is 1.34 bits per heavy atom. The highest BCUT2D eigenvalue weighted by atomic mass is 32.2. The van der Waals surface area contributed by atoms with Crippen LogP contribution in [0.15, 0.2) is 29.4 Å². The minimum atomic E-state index is -0.303. The highest BCUT2D eigenvalue weighted by Crippen LogP contribution is 2.29. The number of rotatable bonds is 10. The minimum Gasteiger partial charge on any atom is -0.497 e. The molecule has 1 amide bonds. The Bertz CT molecular complexity index is 790. The summed E-state index contributed by atoms with van der Waals surface area (Å²) in [7, 11) is 3.25. The van der Waals surface area contributed by atoms with E-state index in [1.807, 2.05) is 31.2 Å². The molecule has 1 aromatic heterocycles. The van der Waals surface area contributed by atoms with Gasteiger partial charge in [0, 0.05) is 25.8 Å². The molecule has 1 saturated heterocycles. The first kappa shape index (κ1) is 21.6. The van der Waals surface area contributed by atoms with Crippen molar-refractivity contribution in [2.75, 3.05) is 34.0 Å². The van der Waals surface area contributed by atoms with Crippen molar-refractivity contribution in [1.82, 2.24) is 20.1 Å². The van der Waals surface area contributed by atoms with E-state index in [9.17, 15) is 4.79 Å². The van der Waals surface area contributed by atoms with E-state index in [2.05, 4.69) is 20.1 Å². The monoisotopic (exact) mass is 420 g/mol. The molecule has 158 valence electrons. The molecule has 0 spiro atoms. The van der Waals surface area contributed by atoms with E-state index in [0.29, 0.717) is 24.9 Å². The number of carbonyl (C=O) groups excluding carboxylic acids is 1. The third-order valence-corrected chi connectivity index (χ3v) is 5.81. The first-order valence-electron chi connectivity index (χ1n) is 9.75. The highest BCUT2D eigenvalue weighted by molar-refractivity contribution is 8.00. The summed E-state index contributed by atoms with van der Waals surface area (Å²) in [5, 5.41) is 12.1. The molecular weight excluding hydrogens is 392 g/mol. The van der Waals surface area contributed by atoms with Gasteiger partial charge in [0.05, 0.1) is 31.6 Å². The minimum absolute atomic E-state index is 0.0512. The van der Waals surface area contributed by atoms with Crippen molar-refractivity contribution in [2.45, 2.75) is 42.8 Å². The molecule has 0 saturated carbocycles. The van der Waals surface area contributed by atoms with Crippen molar-refractivity contribution < 1.29 is 19.0 Å². The van der Waals surface area contributed by atoms with Gasteiger partial charge < -0.3 is 19.5 Å². The number of aromatic nitrogens is 3. The van der Waals surface area contributed by atoms with Crippen LogP contribution in [0.25, 0.3) is 11.4 Å². The number of carbonyl (C=O) groups is 1. The Kier molecular flexibility index (Phi) is 7.91. The van der Waals surface area contributed by atoms with Gasteiger partial charge in [0.1, 0.15) is 5.75 Å². The van der Waals surface area contributed by atoms with E-state index >= 15 is 0 Å². The number of hydrogen-bond donors (Lipinski definition) is 1. The molecular formula is C20H28N4O4S. The van der Waals surface area contributed by atoms with Gasteiger partial charge in [-0.1, -0.05) is 11.8 Å². The van der Waals surface area contributed by atoms with Crippen molar-refractivity contribution in [2.24, 2.45) is 0 Å². The molecule has 2 atom stereocenters. The van der Waals surface area contributed by atoms with E-state index in [4.69, 9.17) is 14.2 Å². The van der Waals surface area contributed by atoms with E-state index in [1.165, 1.54) is 11.8 Å². The van der Waals surface area contributed by atoms with Crippen molar-refractivity contribution >= 4 is 17.7 Å². The summed E-state index contributed by atoms with van der Waals surface area (Å²) < 4.78 is 18.1. The summed E-state index contributed by atoms with van der Waals surface area (Å²) in [5.41, 5.74) is 0.945. The standard InChI is InChI=1S/C20H28N4O4S/c1-14(19(25)21-10-12-26-2)29-20-23-22-18(15-6-8-16(27-3)9-7-15)24(20)13-17-5-4-11-28-17/h6-9,14,17H,4-5,10-13H2,1-3H3,(H,21,25)/t14-,17-/m0/s1. The zero-order valence-corrected chi connectivity index (χ0v) is 17.9. The van der Waals surface area contributed by atoms with Crippen LogP contribution in [-0.4, -0.2) is 66.0 Å². The number of ether oxygens (including phenoxy) is 3. The lowest BCUT2D eigenvalue weighted by molar-refractivity contribution is -0.120. The van der Waals surface area contributed by atoms with Gasteiger partial charge in [-0.3, -0.25) is 9.36 Å². The first-order valence-corrected chi connectivity index (χ1v) is 10.6. The van der Waals surface area contributed by atoms with Gasteiger partial charge in [-0.2, -0.15) is 0 Å². The summed E-state index contributed by atoms with van der Waals surface area (Å²) >= 11 is 1.40. The van der Waals surface area contributed by atoms with E-state index in [1.54, 1.807) is 14.2 Å². The fraction of sp³-hybridized carbons (Fsp3) is 0.550. The Labute approximate surface area is 175 Å². The molecule has 2 heterocycles. The van der Waals surface area contributed by atoms with Crippen LogP contribution in [0.4, 0.5) is 0 Å².